The molecule has 1 saturated carbocycles. The molecule has 0 aromatic carbocycles. The highest BCUT2D eigenvalue weighted by molar-refractivity contribution is 5.10. The van der Waals surface area contributed by atoms with Crippen molar-refractivity contribution in [1.29, 1.82) is 0 Å². The van der Waals surface area contributed by atoms with Gasteiger partial charge < -0.3 is 10.2 Å². The molecule has 0 aromatic heterocycles. The Hall–Kier alpha value is -0.340. The lowest BCUT2D eigenvalue weighted by Crippen LogP contribution is -2.40. The first-order chi connectivity index (χ1) is 8.31. The van der Waals surface area contributed by atoms with Crippen LogP contribution in [-0.2, 0) is 0 Å². The zero-order chi connectivity index (χ0) is 11.7. The first-order valence-electron chi connectivity index (χ1n) is 7.45. The van der Waals surface area contributed by atoms with E-state index in [0.717, 1.165) is 17.8 Å². The average molecular weight is 234 g/mol. The van der Waals surface area contributed by atoms with Crippen LogP contribution >= 0.6 is 0 Å². The molecule has 1 aliphatic heterocycles. The number of rotatable bonds is 5. The Balaban J connectivity index is 1.37. The Morgan fingerprint density at radius 1 is 1.24 bits per heavy atom. The molecule has 2 aliphatic carbocycles. The van der Waals surface area contributed by atoms with E-state index in [9.17, 15) is 0 Å². The van der Waals surface area contributed by atoms with Gasteiger partial charge in [0.2, 0.25) is 0 Å². The van der Waals surface area contributed by atoms with Crippen molar-refractivity contribution in [3.8, 4) is 0 Å². The van der Waals surface area contributed by atoms with Gasteiger partial charge in [-0.15, -0.1) is 0 Å². The quantitative estimate of drug-likeness (QED) is 0.734. The maximum absolute atomic E-state index is 3.76. The first-order valence-corrected chi connectivity index (χ1v) is 7.45. The zero-order valence-electron chi connectivity index (χ0n) is 11.1. The fourth-order valence-corrected chi connectivity index (χ4v) is 3.90. The summed E-state index contributed by atoms with van der Waals surface area (Å²) in [6, 6.07) is 0.663. The van der Waals surface area contributed by atoms with Crippen molar-refractivity contribution in [2.45, 2.75) is 38.6 Å². The predicted octanol–water partition coefficient (Wildman–Crippen LogP) is 2.27. The van der Waals surface area contributed by atoms with E-state index in [1.165, 1.54) is 51.9 Å². The summed E-state index contributed by atoms with van der Waals surface area (Å²) in [5, 5.41) is 3.76. The third-order valence-electron chi connectivity index (χ3n) is 4.88. The maximum Gasteiger partial charge on any atom is 0.0166 e. The van der Waals surface area contributed by atoms with Crippen LogP contribution in [0.1, 0.15) is 32.6 Å². The van der Waals surface area contributed by atoms with Crippen LogP contribution in [0.15, 0.2) is 12.2 Å². The summed E-state index contributed by atoms with van der Waals surface area (Å²) >= 11 is 0. The summed E-state index contributed by atoms with van der Waals surface area (Å²) in [4.78, 5) is 2.61. The number of likely N-dealkylation sites (tertiary alicyclic amines) is 1. The zero-order valence-corrected chi connectivity index (χ0v) is 11.1. The SMILES string of the molecule is CC(CN1CCCC1)NCC1CC2C=CC1C2. The minimum Gasteiger partial charge on any atom is -0.313 e. The summed E-state index contributed by atoms with van der Waals surface area (Å²) < 4.78 is 0. The van der Waals surface area contributed by atoms with Crippen LogP contribution < -0.4 is 5.32 Å². The molecule has 1 saturated heterocycles. The molecule has 0 aromatic rings. The van der Waals surface area contributed by atoms with Gasteiger partial charge in [-0.25, -0.2) is 0 Å². The van der Waals surface area contributed by atoms with Crippen LogP contribution in [0.2, 0.25) is 0 Å². The lowest BCUT2D eigenvalue weighted by atomic mass is 9.93. The van der Waals surface area contributed by atoms with Gasteiger partial charge in [0.15, 0.2) is 0 Å². The van der Waals surface area contributed by atoms with Crippen molar-refractivity contribution in [2.24, 2.45) is 17.8 Å². The van der Waals surface area contributed by atoms with Crippen molar-refractivity contribution in [3.63, 3.8) is 0 Å². The smallest absolute Gasteiger partial charge is 0.0166 e. The molecule has 1 heterocycles. The van der Waals surface area contributed by atoms with Gasteiger partial charge in [0.05, 0.1) is 0 Å². The molecule has 4 atom stereocenters. The third kappa shape index (κ3) is 2.74. The van der Waals surface area contributed by atoms with Crippen LogP contribution in [-0.4, -0.2) is 37.1 Å². The van der Waals surface area contributed by atoms with Gasteiger partial charge in [0, 0.05) is 12.6 Å². The fourth-order valence-electron chi connectivity index (χ4n) is 3.90. The van der Waals surface area contributed by atoms with Gasteiger partial charge >= 0.3 is 0 Å². The topological polar surface area (TPSA) is 15.3 Å². The highest BCUT2D eigenvalue weighted by Gasteiger charge is 2.35. The predicted molar refractivity (Wildman–Crippen MR) is 72.0 cm³/mol. The van der Waals surface area contributed by atoms with Gasteiger partial charge in [-0.2, -0.15) is 0 Å². The summed E-state index contributed by atoms with van der Waals surface area (Å²) in [5.41, 5.74) is 0. The molecule has 2 nitrogen and oxygen atoms in total. The van der Waals surface area contributed by atoms with Gasteiger partial charge in [-0.05, 0) is 70.0 Å². The molecule has 0 amide bonds. The molecule has 0 spiro atoms. The Morgan fingerprint density at radius 3 is 2.71 bits per heavy atom. The second-order valence-corrected chi connectivity index (χ2v) is 6.36. The Labute approximate surface area is 105 Å². The Kier molecular flexibility index (Phi) is 3.53. The van der Waals surface area contributed by atoms with Crippen LogP contribution in [0.3, 0.4) is 0 Å². The summed E-state index contributed by atoms with van der Waals surface area (Å²) in [6.07, 6.45) is 10.6. The monoisotopic (exact) mass is 234 g/mol. The molecule has 0 radical (unpaired) electrons. The number of nitrogens with one attached hydrogen (secondary N) is 1. The summed E-state index contributed by atoms with van der Waals surface area (Å²) in [6.45, 7) is 7.48. The molecule has 3 aliphatic rings. The van der Waals surface area contributed by atoms with E-state index in [-0.39, 0.29) is 0 Å². The van der Waals surface area contributed by atoms with E-state index in [4.69, 9.17) is 0 Å². The molecular formula is C15H26N2. The van der Waals surface area contributed by atoms with Gasteiger partial charge in [0.25, 0.3) is 0 Å². The number of allylic oxidation sites excluding steroid dienone is 2. The van der Waals surface area contributed by atoms with E-state index in [0.29, 0.717) is 6.04 Å². The number of hydrogen-bond acceptors (Lipinski definition) is 2. The number of nitrogens with zero attached hydrogens (tertiary/aromatic N) is 1. The van der Waals surface area contributed by atoms with Gasteiger partial charge in [-0.1, -0.05) is 12.2 Å². The summed E-state index contributed by atoms with van der Waals surface area (Å²) in [7, 11) is 0. The number of hydrogen-bond donors (Lipinski definition) is 1. The highest BCUT2D eigenvalue weighted by atomic mass is 15.2. The van der Waals surface area contributed by atoms with Crippen LogP contribution in [0.25, 0.3) is 0 Å². The van der Waals surface area contributed by atoms with Gasteiger partial charge in [-0.3, -0.25) is 0 Å². The molecule has 17 heavy (non-hydrogen) atoms. The first kappa shape index (κ1) is 11.7. The standard InChI is InChI=1S/C15H26N2/c1-12(11-17-6-2-3-7-17)16-10-15-9-13-4-5-14(15)8-13/h4-5,12-16H,2-3,6-11H2,1H3. The number of fused-ring (bicyclic) bond motifs is 2. The molecule has 96 valence electrons. The normalized spacial score (nSPS) is 38.1. The summed E-state index contributed by atoms with van der Waals surface area (Å²) in [5.74, 6) is 2.73. The fraction of sp³-hybridized carbons (Fsp3) is 0.867. The molecule has 2 fully saturated rings. The van der Waals surface area contributed by atoms with Crippen molar-refractivity contribution in [3.05, 3.63) is 12.2 Å². The van der Waals surface area contributed by atoms with E-state index in [1.807, 2.05) is 0 Å². The van der Waals surface area contributed by atoms with E-state index in [1.54, 1.807) is 0 Å². The van der Waals surface area contributed by atoms with E-state index < -0.39 is 0 Å². The lowest BCUT2D eigenvalue weighted by Gasteiger charge is -2.25. The van der Waals surface area contributed by atoms with Crippen LogP contribution in [0.5, 0.6) is 0 Å². The molecule has 2 bridgehead atoms. The molecular weight excluding hydrogens is 208 g/mol. The third-order valence-corrected chi connectivity index (χ3v) is 4.88. The van der Waals surface area contributed by atoms with Crippen LogP contribution in [0.4, 0.5) is 0 Å². The van der Waals surface area contributed by atoms with Crippen LogP contribution in [0, 0.1) is 17.8 Å². The molecule has 4 unspecified atom stereocenters. The second kappa shape index (κ2) is 5.11. The second-order valence-electron chi connectivity index (χ2n) is 6.36. The minimum absolute atomic E-state index is 0.663. The maximum atomic E-state index is 3.76. The van der Waals surface area contributed by atoms with Crippen molar-refractivity contribution >= 4 is 0 Å². The molecule has 2 heteroatoms. The van der Waals surface area contributed by atoms with Crippen molar-refractivity contribution in [2.75, 3.05) is 26.2 Å². The largest absolute Gasteiger partial charge is 0.313 e. The Bertz CT molecular complexity index is 281. The molecule has 3 rings (SSSR count). The van der Waals surface area contributed by atoms with Crippen molar-refractivity contribution < 1.29 is 0 Å². The van der Waals surface area contributed by atoms with E-state index >= 15 is 0 Å². The van der Waals surface area contributed by atoms with Gasteiger partial charge in [0.1, 0.15) is 0 Å². The molecule has 1 N–H and O–H groups in total. The van der Waals surface area contributed by atoms with Crippen molar-refractivity contribution in [1.82, 2.24) is 10.2 Å². The lowest BCUT2D eigenvalue weighted by molar-refractivity contribution is 0.286. The van der Waals surface area contributed by atoms with E-state index in [2.05, 4.69) is 29.3 Å². The minimum atomic E-state index is 0.663. The average Bonchev–Trinajstić information content (AvgIpc) is 3.02. The highest BCUT2D eigenvalue weighted by Crippen LogP contribution is 2.42. The Morgan fingerprint density at radius 2 is 2.06 bits per heavy atom.